The van der Waals surface area contributed by atoms with Crippen LogP contribution in [0.3, 0.4) is 0 Å². The molecule has 0 N–H and O–H groups in total. The second kappa shape index (κ2) is 7.26. The highest BCUT2D eigenvalue weighted by atomic mass is 19.3. The van der Waals surface area contributed by atoms with Crippen LogP contribution in [0.5, 0.6) is 0 Å². The standard InChI is InChI=1S/C24H22B2F4N2O2/c1-31-13-17-11-15-7-3-6-10-19(15)23(24(17)34-26(31,29)30)22-18-9-5-4-8-16(18)12-21-20(22)14-32(2)25(27,28)33-21/h3-14,17,20-21,24H,1-2H3. The van der Waals surface area contributed by atoms with E-state index in [1.807, 2.05) is 54.6 Å². The molecule has 174 valence electrons. The number of nitrogens with zero attached hydrogens (tertiary/aromatic N) is 2. The van der Waals surface area contributed by atoms with E-state index in [-0.39, 0.29) is 0 Å². The Balaban J connectivity index is 1.72. The number of hydrogen-bond donors (Lipinski definition) is 0. The van der Waals surface area contributed by atoms with Crippen LogP contribution in [0.4, 0.5) is 17.3 Å². The molecule has 0 saturated heterocycles. The minimum atomic E-state index is -4.25. The van der Waals surface area contributed by atoms with Gasteiger partial charge in [-0.05, 0) is 32.0 Å². The van der Waals surface area contributed by atoms with E-state index in [2.05, 4.69) is 0 Å². The summed E-state index contributed by atoms with van der Waals surface area (Å²) in [5, 5.41) is 3.19. The van der Waals surface area contributed by atoms with E-state index >= 15 is 0 Å². The fraction of sp³-hybridized carbons (Fsp3) is 0.250. The van der Waals surface area contributed by atoms with Gasteiger partial charge in [0.25, 0.3) is 0 Å². The first kappa shape index (κ1) is 21.6. The van der Waals surface area contributed by atoms with Crippen LogP contribution in [0.1, 0.15) is 0 Å². The Bertz CT molecular complexity index is 1540. The van der Waals surface area contributed by atoms with E-state index in [1.54, 1.807) is 6.08 Å². The minimum absolute atomic E-state index is 0.437. The summed E-state index contributed by atoms with van der Waals surface area (Å²) in [5.74, 6) is -1.03. The maximum Gasteiger partial charge on any atom is 0.768 e. The third kappa shape index (κ3) is 3.15. The fourth-order valence-electron chi connectivity index (χ4n) is 5.51. The van der Waals surface area contributed by atoms with E-state index in [4.69, 9.17) is 9.31 Å². The average molecular weight is 468 g/mol. The Morgan fingerprint density at radius 3 is 1.97 bits per heavy atom. The topological polar surface area (TPSA) is 24.5 Å². The van der Waals surface area contributed by atoms with Gasteiger partial charge in [0, 0.05) is 0 Å². The number of halogens is 4. The van der Waals surface area contributed by atoms with E-state index in [0.29, 0.717) is 11.1 Å². The summed E-state index contributed by atoms with van der Waals surface area (Å²) in [6.07, 6.45) is 4.68. The first-order chi connectivity index (χ1) is 16.2. The lowest BCUT2D eigenvalue weighted by molar-refractivity contribution is -0.417. The first-order valence-electron chi connectivity index (χ1n) is 11.3. The van der Waals surface area contributed by atoms with Gasteiger partial charge in [0.05, 0.1) is 38.1 Å². The summed E-state index contributed by atoms with van der Waals surface area (Å²) in [7, 11) is -5.86. The Morgan fingerprint density at radius 2 is 1.26 bits per heavy atom. The van der Waals surface area contributed by atoms with Crippen LogP contribution in [0, 0.1) is 11.8 Å². The summed E-state index contributed by atoms with van der Waals surface area (Å²) < 4.78 is 71.1. The SMILES string of the molecule is C[N+]1=CC2C(C3=c4ccccc4=CC4C=[N+](C)[B-](F)(F)OC34)=c3ccccc3=CC2O[B-]1(F)F. The summed E-state index contributed by atoms with van der Waals surface area (Å²) in [6, 6.07) is 15.0. The van der Waals surface area contributed by atoms with Crippen LogP contribution in [-0.2, 0) is 9.31 Å². The largest absolute Gasteiger partial charge is 0.768 e. The van der Waals surface area contributed by atoms with Gasteiger partial charge in [-0.15, -0.1) is 0 Å². The Morgan fingerprint density at radius 1 is 0.706 bits per heavy atom. The van der Waals surface area contributed by atoms with E-state index < -0.39 is 38.1 Å². The second-order valence-electron chi connectivity index (χ2n) is 9.35. The molecule has 0 fully saturated rings. The number of benzene rings is 2. The highest BCUT2D eigenvalue weighted by Crippen LogP contribution is 2.38. The summed E-state index contributed by atoms with van der Waals surface area (Å²) >= 11 is 0. The highest BCUT2D eigenvalue weighted by molar-refractivity contribution is 6.51. The Kier molecular flexibility index (Phi) is 4.60. The molecule has 4 aliphatic rings. The second-order valence-corrected chi connectivity index (χ2v) is 9.35. The van der Waals surface area contributed by atoms with Crippen molar-refractivity contribution in [2.75, 3.05) is 14.1 Å². The van der Waals surface area contributed by atoms with Gasteiger partial charge in [-0.2, -0.15) is 0 Å². The van der Waals surface area contributed by atoms with Gasteiger partial charge in [0.2, 0.25) is 0 Å². The molecule has 4 atom stereocenters. The quantitative estimate of drug-likeness (QED) is 0.450. The monoisotopic (exact) mass is 468 g/mol. The first-order valence-corrected chi connectivity index (χ1v) is 11.3. The molecule has 34 heavy (non-hydrogen) atoms. The predicted molar refractivity (Wildman–Crippen MR) is 124 cm³/mol. The van der Waals surface area contributed by atoms with Crippen molar-refractivity contribution in [2.45, 2.75) is 12.2 Å². The smallest absolute Gasteiger partial charge is 0.463 e. The molecule has 2 aliphatic heterocycles. The highest BCUT2D eigenvalue weighted by Gasteiger charge is 2.53. The summed E-state index contributed by atoms with van der Waals surface area (Å²) in [5.41, 5.74) is 1.27. The maximum atomic E-state index is 14.8. The van der Waals surface area contributed by atoms with Crippen LogP contribution in [-0.4, -0.2) is 61.8 Å². The lowest BCUT2D eigenvalue weighted by Crippen LogP contribution is -2.58. The fourth-order valence-corrected chi connectivity index (χ4v) is 5.51. The predicted octanol–water partition coefficient (Wildman–Crippen LogP) is 0.482. The Labute approximate surface area is 193 Å². The zero-order valence-corrected chi connectivity index (χ0v) is 18.6. The van der Waals surface area contributed by atoms with Crippen molar-refractivity contribution in [3.8, 4) is 0 Å². The molecule has 0 saturated carbocycles. The normalized spacial score (nSPS) is 30.4. The summed E-state index contributed by atoms with van der Waals surface area (Å²) in [4.78, 5) is 0. The number of fused-ring (bicyclic) bond motifs is 4. The molecule has 0 aromatic heterocycles. The zero-order chi connectivity index (χ0) is 23.8. The molecular weight excluding hydrogens is 446 g/mol. The Hall–Kier alpha value is -2.97. The van der Waals surface area contributed by atoms with Crippen LogP contribution in [0.15, 0.2) is 48.5 Å². The van der Waals surface area contributed by atoms with Crippen LogP contribution in [0.25, 0.3) is 23.3 Å². The van der Waals surface area contributed by atoms with Crippen molar-refractivity contribution in [3.05, 3.63) is 69.4 Å². The molecule has 2 aromatic rings. The van der Waals surface area contributed by atoms with Crippen molar-refractivity contribution >= 4 is 49.8 Å². The van der Waals surface area contributed by atoms with Crippen molar-refractivity contribution in [1.82, 2.24) is 0 Å². The molecule has 4 nitrogen and oxygen atoms in total. The van der Waals surface area contributed by atoms with Gasteiger partial charge in [0.1, 0.15) is 12.4 Å². The molecule has 0 spiro atoms. The molecular formula is C24H22B2F4N2O2. The van der Waals surface area contributed by atoms with Crippen molar-refractivity contribution in [1.29, 1.82) is 0 Å². The van der Waals surface area contributed by atoms with Gasteiger partial charge >= 0.3 is 14.1 Å². The van der Waals surface area contributed by atoms with E-state index in [1.165, 1.54) is 26.5 Å². The molecule has 4 unspecified atom stereocenters. The van der Waals surface area contributed by atoms with E-state index in [9.17, 15) is 17.3 Å². The van der Waals surface area contributed by atoms with Crippen molar-refractivity contribution in [3.63, 3.8) is 0 Å². The summed E-state index contributed by atoms with van der Waals surface area (Å²) in [6.45, 7) is 0. The van der Waals surface area contributed by atoms with Crippen LogP contribution < -0.4 is 20.9 Å². The van der Waals surface area contributed by atoms with Gasteiger partial charge in [-0.25, -0.2) is 0 Å². The van der Waals surface area contributed by atoms with Gasteiger partial charge in [-0.1, -0.05) is 60.7 Å². The molecule has 2 heterocycles. The molecule has 6 rings (SSSR count). The molecule has 0 radical (unpaired) electrons. The van der Waals surface area contributed by atoms with Gasteiger partial charge in [0.15, 0.2) is 0 Å². The molecule has 2 aliphatic carbocycles. The van der Waals surface area contributed by atoms with Crippen LogP contribution >= 0.6 is 0 Å². The van der Waals surface area contributed by atoms with Crippen molar-refractivity contribution < 1.29 is 35.5 Å². The lowest BCUT2D eigenvalue weighted by Gasteiger charge is -2.42. The zero-order valence-electron chi connectivity index (χ0n) is 18.6. The molecule has 0 amide bonds. The molecule has 2 aromatic carbocycles. The number of hydrogen-bond acceptors (Lipinski definition) is 2. The van der Waals surface area contributed by atoms with Crippen LogP contribution in [0.2, 0.25) is 0 Å². The average Bonchev–Trinajstić information content (AvgIpc) is 2.78. The molecule has 0 bridgehead atoms. The van der Waals surface area contributed by atoms with Gasteiger partial charge < -0.3 is 35.5 Å². The maximum absolute atomic E-state index is 14.8. The number of rotatable bonds is 1. The van der Waals surface area contributed by atoms with Gasteiger partial charge in [-0.3, -0.25) is 0 Å². The third-order valence-corrected chi connectivity index (χ3v) is 7.21. The lowest BCUT2D eigenvalue weighted by atomic mass is 9.73. The minimum Gasteiger partial charge on any atom is -0.463 e. The van der Waals surface area contributed by atoms with Crippen molar-refractivity contribution in [2.24, 2.45) is 11.8 Å². The third-order valence-electron chi connectivity index (χ3n) is 7.21. The van der Waals surface area contributed by atoms with E-state index in [0.717, 1.165) is 29.8 Å². The molecule has 10 heteroatoms.